The lowest BCUT2D eigenvalue weighted by molar-refractivity contribution is 0.568. The van der Waals surface area contributed by atoms with Crippen LogP contribution in [0.5, 0.6) is 0 Å². The number of pyridine rings is 1. The highest BCUT2D eigenvalue weighted by Gasteiger charge is 2.19. The van der Waals surface area contributed by atoms with Gasteiger partial charge in [0.25, 0.3) is 0 Å². The fourth-order valence-electron chi connectivity index (χ4n) is 1.36. The Hall–Kier alpha value is -0.210. The standard InChI is InChI=1S/C12H18ClNS/c1-8(15-5)9-6-10(13)11(14-7-9)12(2,3)4/h6-8H,1-5H3. The maximum Gasteiger partial charge on any atom is 0.0643 e. The van der Waals surface area contributed by atoms with Crippen LogP contribution in [0.15, 0.2) is 12.3 Å². The molecule has 1 aromatic heterocycles. The van der Waals surface area contributed by atoms with E-state index in [2.05, 4.69) is 38.9 Å². The number of hydrogen-bond donors (Lipinski definition) is 0. The summed E-state index contributed by atoms with van der Waals surface area (Å²) in [6, 6.07) is 2.04. The Labute approximate surface area is 102 Å². The first kappa shape index (κ1) is 12.9. The van der Waals surface area contributed by atoms with Crippen molar-refractivity contribution in [3.05, 3.63) is 28.5 Å². The van der Waals surface area contributed by atoms with Crippen LogP contribution in [0.2, 0.25) is 5.02 Å². The molecule has 0 saturated carbocycles. The molecule has 1 atom stereocenters. The topological polar surface area (TPSA) is 12.9 Å². The van der Waals surface area contributed by atoms with Gasteiger partial charge >= 0.3 is 0 Å². The number of aromatic nitrogens is 1. The Morgan fingerprint density at radius 2 is 2.00 bits per heavy atom. The summed E-state index contributed by atoms with van der Waals surface area (Å²) in [6.45, 7) is 8.53. The largest absolute Gasteiger partial charge is 0.259 e. The fourth-order valence-corrected chi connectivity index (χ4v) is 2.22. The quantitative estimate of drug-likeness (QED) is 0.761. The first-order chi connectivity index (χ1) is 6.86. The normalized spacial score (nSPS) is 14.0. The van der Waals surface area contributed by atoms with E-state index in [1.807, 2.05) is 12.3 Å². The molecular weight excluding hydrogens is 226 g/mol. The van der Waals surface area contributed by atoms with Gasteiger partial charge in [-0.3, -0.25) is 4.98 Å². The molecule has 1 nitrogen and oxygen atoms in total. The van der Waals surface area contributed by atoms with Gasteiger partial charge in [0.1, 0.15) is 0 Å². The summed E-state index contributed by atoms with van der Waals surface area (Å²) < 4.78 is 0. The third-order valence-electron chi connectivity index (χ3n) is 2.40. The first-order valence-corrected chi connectivity index (χ1v) is 6.71. The Morgan fingerprint density at radius 3 is 2.40 bits per heavy atom. The molecule has 1 unspecified atom stereocenters. The second-order valence-corrected chi connectivity index (χ2v) is 6.31. The average molecular weight is 244 g/mol. The summed E-state index contributed by atoms with van der Waals surface area (Å²) in [5.74, 6) is 0. The van der Waals surface area contributed by atoms with E-state index in [-0.39, 0.29) is 5.41 Å². The van der Waals surface area contributed by atoms with Crippen LogP contribution in [0.4, 0.5) is 0 Å². The van der Waals surface area contributed by atoms with E-state index in [1.165, 1.54) is 5.56 Å². The molecule has 0 N–H and O–H groups in total. The Kier molecular flexibility index (Phi) is 4.07. The lowest BCUT2D eigenvalue weighted by Gasteiger charge is -2.20. The van der Waals surface area contributed by atoms with E-state index in [0.29, 0.717) is 5.25 Å². The first-order valence-electron chi connectivity index (χ1n) is 5.05. The van der Waals surface area contributed by atoms with Crippen molar-refractivity contribution in [2.24, 2.45) is 0 Å². The van der Waals surface area contributed by atoms with E-state index in [0.717, 1.165) is 10.7 Å². The molecule has 0 aromatic carbocycles. The second kappa shape index (κ2) is 4.75. The molecule has 15 heavy (non-hydrogen) atoms. The maximum atomic E-state index is 6.24. The van der Waals surface area contributed by atoms with Crippen molar-refractivity contribution in [2.75, 3.05) is 6.26 Å². The molecule has 0 amide bonds. The summed E-state index contributed by atoms with van der Waals surface area (Å²) >= 11 is 8.04. The molecule has 0 fully saturated rings. The van der Waals surface area contributed by atoms with E-state index in [4.69, 9.17) is 11.6 Å². The molecule has 0 radical (unpaired) electrons. The molecule has 0 saturated heterocycles. The molecule has 1 rings (SSSR count). The zero-order valence-corrected chi connectivity index (χ0v) is 11.5. The van der Waals surface area contributed by atoms with Gasteiger partial charge in [0.2, 0.25) is 0 Å². The van der Waals surface area contributed by atoms with Gasteiger partial charge in [0.05, 0.1) is 10.7 Å². The van der Waals surface area contributed by atoms with Crippen molar-refractivity contribution < 1.29 is 0 Å². The highest BCUT2D eigenvalue weighted by atomic mass is 35.5. The Bertz CT molecular complexity index is 344. The molecule has 84 valence electrons. The SMILES string of the molecule is CSC(C)c1cnc(C(C)(C)C)c(Cl)c1. The number of thioether (sulfide) groups is 1. The molecule has 0 aliphatic heterocycles. The number of halogens is 1. The van der Waals surface area contributed by atoms with Crippen molar-refractivity contribution >= 4 is 23.4 Å². The van der Waals surface area contributed by atoms with Gasteiger partial charge in [-0.05, 0) is 24.8 Å². The van der Waals surface area contributed by atoms with Crippen molar-refractivity contribution in [2.45, 2.75) is 38.4 Å². The van der Waals surface area contributed by atoms with Crippen LogP contribution in [0, 0.1) is 0 Å². The van der Waals surface area contributed by atoms with Crippen LogP contribution < -0.4 is 0 Å². The van der Waals surface area contributed by atoms with Gasteiger partial charge in [-0.15, -0.1) is 0 Å². The van der Waals surface area contributed by atoms with Gasteiger partial charge in [-0.1, -0.05) is 32.4 Å². The van der Waals surface area contributed by atoms with E-state index >= 15 is 0 Å². The molecule has 0 spiro atoms. The van der Waals surface area contributed by atoms with Gasteiger partial charge in [-0.25, -0.2) is 0 Å². The highest BCUT2D eigenvalue weighted by Crippen LogP contribution is 2.32. The van der Waals surface area contributed by atoms with Crippen molar-refractivity contribution in [3.8, 4) is 0 Å². The van der Waals surface area contributed by atoms with Crippen LogP contribution in [0.3, 0.4) is 0 Å². The van der Waals surface area contributed by atoms with Crippen molar-refractivity contribution in [1.82, 2.24) is 4.98 Å². The zero-order chi connectivity index (χ0) is 11.6. The highest BCUT2D eigenvalue weighted by molar-refractivity contribution is 7.98. The molecule has 1 aromatic rings. The average Bonchev–Trinajstić information content (AvgIpc) is 2.14. The molecular formula is C12H18ClNS. The third-order valence-corrected chi connectivity index (χ3v) is 3.66. The molecule has 0 aliphatic carbocycles. The van der Waals surface area contributed by atoms with Gasteiger partial charge < -0.3 is 0 Å². The minimum atomic E-state index is 0.0121. The summed E-state index contributed by atoms with van der Waals surface area (Å²) in [4.78, 5) is 4.47. The van der Waals surface area contributed by atoms with E-state index in [1.54, 1.807) is 11.8 Å². The molecule has 0 aliphatic rings. The molecule has 3 heteroatoms. The van der Waals surface area contributed by atoms with Gasteiger partial charge in [0.15, 0.2) is 0 Å². The summed E-state index contributed by atoms with van der Waals surface area (Å²) in [7, 11) is 0. The minimum Gasteiger partial charge on any atom is -0.259 e. The molecule has 1 heterocycles. The predicted molar refractivity (Wildman–Crippen MR) is 69.9 cm³/mol. The molecule has 0 bridgehead atoms. The third kappa shape index (κ3) is 3.12. The summed E-state index contributed by atoms with van der Waals surface area (Å²) in [5, 5.41) is 1.23. The smallest absolute Gasteiger partial charge is 0.0643 e. The maximum absolute atomic E-state index is 6.24. The summed E-state index contributed by atoms with van der Waals surface area (Å²) in [6.07, 6.45) is 4.03. The van der Waals surface area contributed by atoms with Crippen LogP contribution in [-0.2, 0) is 5.41 Å². The van der Waals surface area contributed by atoms with Crippen LogP contribution in [-0.4, -0.2) is 11.2 Å². The lowest BCUT2D eigenvalue weighted by atomic mass is 9.91. The Balaban J connectivity index is 3.09. The zero-order valence-electron chi connectivity index (χ0n) is 9.97. The van der Waals surface area contributed by atoms with Crippen LogP contribution in [0.25, 0.3) is 0 Å². The number of hydrogen-bond acceptors (Lipinski definition) is 2. The minimum absolute atomic E-state index is 0.0121. The Morgan fingerprint density at radius 1 is 1.40 bits per heavy atom. The lowest BCUT2D eigenvalue weighted by Crippen LogP contribution is -2.14. The number of nitrogens with zero attached hydrogens (tertiary/aromatic N) is 1. The fraction of sp³-hybridized carbons (Fsp3) is 0.583. The van der Waals surface area contributed by atoms with Crippen LogP contribution in [0.1, 0.15) is 44.2 Å². The van der Waals surface area contributed by atoms with Gasteiger partial charge in [-0.2, -0.15) is 11.8 Å². The van der Waals surface area contributed by atoms with E-state index in [9.17, 15) is 0 Å². The van der Waals surface area contributed by atoms with Crippen LogP contribution >= 0.6 is 23.4 Å². The van der Waals surface area contributed by atoms with Crippen molar-refractivity contribution in [3.63, 3.8) is 0 Å². The summed E-state index contributed by atoms with van der Waals surface area (Å²) in [5.41, 5.74) is 2.18. The monoisotopic (exact) mass is 243 g/mol. The predicted octanol–water partition coefficient (Wildman–Crippen LogP) is 4.46. The van der Waals surface area contributed by atoms with Crippen molar-refractivity contribution in [1.29, 1.82) is 0 Å². The van der Waals surface area contributed by atoms with Gasteiger partial charge in [0, 0.05) is 16.9 Å². The number of rotatable bonds is 2. The van der Waals surface area contributed by atoms with E-state index < -0.39 is 0 Å². The second-order valence-electron chi connectivity index (χ2n) is 4.73.